The standard InChI is InChI=1S/C16H25NOS/c1-4-9-17(10-5-2)13-11-14-15(18-12-13)7-6-8-16(14)19-3/h6-8,13H,4-5,9-12H2,1-3H3. The van der Waals surface area contributed by atoms with E-state index in [0.29, 0.717) is 6.04 Å². The normalized spacial score (nSPS) is 18.2. The van der Waals surface area contributed by atoms with Crippen LogP contribution in [0.3, 0.4) is 0 Å². The van der Waals surface area contributed by atoms with Crippen LogP contribution in [0.5, 0.6) is 5.75 Å². The van der Waals surface area contributed by atoms with Crippen molar-refractivity contribution in [2.75, 3.05) is 26.0 Å². The van der Waals surface area contributed by atoms with Crippen molar-refractivity contribution in [1.82, 2.24) is 4.90 Å². The van der Waals surface area contributed by atoms with E-state index in [1.54, 1.807) is 0 Å². The van der Waals surface area contributed by atoms with Crippen molar-refractivity contribution in [3.8, 4) is 5.75 Å². The molecule has 1 aliphatic heterocycles. The molecule has 3 heteroatoms. The maximum Gasteiger partial charge on any atom is 0.123 e. The minimum absolute atomic E-state index is 0.542. The van der Waals surface area contributed by atoms with E-state index in [2.05, 4.69) is 43.2 Å². The van der Waals surface area contributed by atoms with Crippen molar-refractivity contribution in [3.63, 3.8) is 0 Å². The zero-order chi connectivity index (χ0) is 13.7. The maximum absolute atomic E-state index is 6.00. The molecule has 0 saturated carbocycles. The Bertz CT molecular complexity index is 387. The van der Waals surface area contributed by atoms with Crippen molar-refractivity contribution in [2.24, 2.45) is 0 Å². The third kappa shape index (κ3) is 3.46. The molecule has 19 heavy (non-hydrogen) atoms. The Morgan fingerprint density at radius 3 is 2.63 bits per heavy atom. The molecule has 0 amide bonds. The lowest BCUT2D eigenvalue weighted by Crippen LogP contribution is -2.44. The predicted molar refractivity (Wildman–Crippen MR) is 83.4 cm³/mol. The first-order valence-electron chi connectivity index (χ1n) is 7.32. The first-order valence-corrected chi connectivity index (χ1v) is 8.55. The predicted octanol–water partition coefficient (Wildman–Crippen LogP) is 3.83. The first-order chi connectivity index (χ1) is 9.30. The topological polar surface area (TPSA) is 12.5 Å². The second-order valence-corrected chi connectivity index (χ2v) is 5.99. The largest absolute Gasteiger partial charge is 0.492 e. The summed E-state index contributed by atoms with van der Waals surface area (Å²) < 4.78 is 6.00. The van der Waals surface area contributed by atoms with E-state index in [9.17, 15) is 0 Å². The summed E-state index contributed by atoms with van der Waals surface area (Å²) in [4.78, 5) is 3.97. The lowest BCUT2D eigenvalue weighted by molar-refractivity contribution is 0.118. The number of fused-ring (bicyclic) bond motifs is 1. The number of thioether (sulfide) groups is 1. The highest BCUT2D eigenvalue weighted by atomic mass is 32.2. The minimum Gasteiger partial charge on any atom is -0.492 e. The third-order valence-electron chi connectivity index (χ3n) is 3.72. The molecule has 0 bridgehead atoms. The molecule has 1 aliphatic rings. The molecule has 0 N–H and O–H groups in total. The smallest absolute Gasteiger partial charge is 0.123 e. The van der Waals surface area contributed by atoms with Gasteiger partial charge in [0.2, 0.25) is 0 Å². The first kappa shape index (κ1) is 14.7. The Balaban J connectivity index is 2.15. The van der Waals surface area contributed by atoms with Gasteiger partial charge in [0.25, 0.3) is 0 Å². The minimum atomic E-state index is 0.542. The Hall–Kier alpha value is -0.670. The van der Waals surface area contributed by atoms with E-state index in [1.165, 1.54) is 36.4 Å². The Labute approximate surface area is 121 Å². The van der Waals surface area contributed by atoms with Gasteiger partial charge >= 0.3 is 0 Å². The van der Waals surface area contributed by atoms with E-state index >= 15 is 0 Å². The molecule has 1 unspecified atom stereocenters. The van der Waals surface area contributed by atoms with E-state index in [-0.39, 0.29) is 0 Å². The summed E-state index contributed by atoms with van der Waals surface area (Å²) in [5.74, 6) is 1.09. The second-order valence-electron chi connectivity index (χ2n) is 5.14. The Morgan fingerprint density at radius 2 is 2.00 bits per heavy atom. The average Bonchev–Trinajstić information content (AvgIpc) is 2.46. The van der Waals surface area contributed by atoms with Crippen LogP contribution in [0.25, 0.3) is 0 Å². The molecule has 0 aliphatic carbocycles. The molecule has 106 valence electrons. The van der Waals surface area contributed by atoms with Gasteiger partial charge < -0.3 is 4.74 Å². The molecule has 1 atom stereocenters. The van der Waals surface area contributed by atoms with Crippen LogP contribution in [0, 0.1) is 0 Å². The maximum atomic E-state index is 6.00. The van der Waals surface area contributed by atoms with Crippen LogP contribution in [-0.4, -0.2) is 36.9 Å². The number of hydrogen-bond donors (Lipinski definition) is 0. The van der Waals surface area contributed by atoms with Crippen LogP contribution in [0.15, 0.2) is 23.1 Å². The van der Waals surface area contributed by atoms with Crippen LogP contribution in [0.2, 0.25) is 0 Å². The van der Waals surface area contributed by atoms with E-state index in [0.717, 1.165) is 18.8 Å². The molecule has 0 saturated heterocycles. The molecule has 1 aromatic carbocycles. The molecular formula is C16H25NOS. The van der Waals surface area contributed by atoms with Gasteiger partial charge in [0.15, 0.2) is 0 Å². The number of rotatable bonds is 6. The molecule has 1 aromatic rings. The summed E-state index contributed by atoms with van der Waals surface area (Å²) in [6.07, 6.45) is 5.71. The zero-order valence-corrected chi connectivity index (χ0v) is 13.1. The van der Waals surface area contributed by atoms with Gasteiger partial charge in [-0.3, -0.25) is 4.90 Å². The number of nitrogens with zero attached hydrogens (tertiary/aromatic N) is 1. The molecule has 0 radical (unpaired) electrons. The molecule has 2 nitrogen and oxygen atoms in total. The molecule has 0 aromatic heterocycles. The number of ether oxygens (including phenoxy) is 1. The van der Waals surface area contributed by atoms with Crippen LogP contribution in [0.1, 0.15) is 32.3 Å². The van der Waals surface area contributed by atoms with Gasteiger partial charge in [0.1, 0.15) is 12.4 Å². The van der Waals surface area contributed by atoms with E-state index < -0.39 is 0 Å². The van der Waals surface area contributed by atoms with Gasteiger partial charge in [-0.2, -0.15) is 0 Å². The molecule has 2 rings (SSSR count). The molecule has 0 spiro atoms. The number of hydrogen-bond acceptors (Lipinski definition) is 3. The summed E-state index contributed by atoms with van der Waals surface area (Å²) in [7, 11) is 0. The highest BCUT2D eigenvalue weighted by Gasteiger charge is 2.26. The number of benzene rings is 1. The Morgan fingerprint density at radius 1 is 1.26 bits per heavy atom. The Kier molecular flexibility index (Phi) is 5.59. The summed E-state index contributed by atoms with van der Waals surface area (Å²) in [6, 6.07) is 6.95. The summed E-state index contributed by atoms with van der Waals surface area (Å²) >= 11 is 1.83. The van der Waals surface area contributed by atoms with Gasteiger partial charge in [-0.05, 0) is 50.7 Å². The molecule has 0 fully saturated rings. The highest BCUT2D eigenvalue weighted by molar-refractivity contribution is 7.98. The fourth-order valence-corrected chi connectivity index (χ4v) is 3.48. The van der Waals surface area contributed by atoms with Crippen LogP contribution < -0.4 is 4.74 Å². The van der Waals surface area contributed by atoms with Crippen molar-refractivity contribution >= 4 is 11.8 Å². The van der Waals surface area contributed by atoms with E-state index in [1.807, 2.05) is 11.8 Å². The average molecular weight is 279 g/mol. The fraction of sp³-hybridized carbons (Fsp3) is 0.625. The highest BCUT2D eigenvalue weighted by Crippen LogP contribution is 2.33. The zero-order valence-electron chi connectivity index (χ0n) is 12.3. The monoisotopic (exact) mass is 279 g/mol. The molecule has 1 heterocycles. The lowest BCUT2D eigenvalue weighted by Gasteiger charge is -2.35. The van der Waals surface area contributed by atoms with Crippen molar-refractivity contribution < 1.29 is 4.74 Å². The third-order valence-corrected chi connectivity index (χ3v) is 4.54. The second kappa shape index (κ2) is 7.20. The van der Waals surface area contributed by atoms with Gasteiger partial charge in [-0.1, -0.05) is 19.9 Å². The summed E-state index contributed by atoms with van der Waals surface area (Å²) in [5.41, 5.74) is 1.41. The summed E-state index contributed by atoms with van der Waals surface area (Å²) in [5, 5.41) is 0. The summed E-state index contributed by atoms with van der Waals surface area (Å²) in [6.45, 7) is 7.71. The van der Waals surface area contributed by atoms with Crippen LogP contribution >= 0.6 is 11.8 Å². The van der Waals surface area contributed by atoms with Crippen molar-refractivity contribution in [3.05, 3.63) is 23.8 Å². The van der Waals surface area contributed by atoms with Gasteiger partial charge in [0.05, 0.1) is 0 Å². The van der Waals surface area contributed by atoms with Gasteiger partial charge in [0, 0.05) is 16.5 Å². The van der Waals surface area contributed by atoms with E-state index in [4.69, 9.17) is 4.74 Å². The van der Waals surface area contributed by atoms with Crippen LogP contribution in [-0.2, 0) is 6.42 Å². The van der Waals surface area contributed by atoms with Gasteiger partial charge in [-0.15, -0.1) is 11.8 Å². The molecular weight excluding hydrogens is 254 g/mol. The fourth-order valence-electron chi connectivity index (χ4n) is 2.84. The quantitative estimate of drug-likeness (QED) is 0.734. The van der Waals surface area contributed by atoms with Gasteiger partial charge in [-0.25, -0.2) is 0 Å². The van der Waals surface area contributed by atoms with Crippen molar-refractivity contribution in [1.29, 1.82) is 0 Å². The van der Waals surface area contributed by atoms with Crippen molar-refractivity contribution in [2.45, 2.75) is 44.0 Å². The SMILES string of the molecule is CCCN(CCC)C1COc2cccc(SC)c2C1. The lowest BCUT2D eigenvalue weighted by atomic mass is 10.0. The van der Waals surface area contributed by atoms with Crippen LogP contribution in [0.4, 0.5) is 0 Å².